The SMILES string of the molecule is COc1ccc2c(c1)CC1C(=O)N(C(C)=O)CC(=O)N1C2. The quantitative estimate of drug-likeness (QED) is 0.747. The van der Waals surface area contributed by atoms with Gasteiger partial charge in [-0.3, -0.25) is 19.3 Å². The monoisotopic (exact) mass is 288 g/mol. The Morgan fingerprint density at radius 2 is 2.00 bits per heavy atom. The molecule has 0 radical (unpaired) electrons. The molecule has 1 unspecified atom stereocenters. The largest absolute Gasteiger partial charge is 0.497 e. The van der Waals surface area contributed by atoms with E-state index in [1.54, 1.807) is 12.0 Å². The zero-order valence-electron chi connectivity index (χ0n) is 12.0. The zero-order chi connectivity index (χ0) is 15.1. The van der Waals surface area contributed by atoms with Crippen molar-refractivity contribution in [3.8, 4) is 5.75 Å². The maximum atomic E-state index is 12.4. The molecule has 1 aromatic rings. The molecule has 110 valence electrons. The average molecular weight is 288 g/mol. The van der Waals surface area contributed by atoms with Crippen LogP contribution in [0, 0.1) is 0 Å². The van der Waals surface area contributed by atoms with E-state index in [-0.39, 0.29) is 24.3 Å². The van der Waals surface area contributed by atoms with Crippen LogP contribution in [0.15, 0.2) is 18.2 Å². The van der Waals surface area contributed by atoms with Gasteiger partial charge in [0.25, 0.3) is 5.91 Å². The fourth-order valence-electron chi connectivity index (χ4n) is 2.92. The van der Waals surface area contributed by atoms with Crippen LogP contribution >= 0.6 is 0 Å². The lowest BCUT2D eigenvalue weighted by molar-refractivity contribution is -0.162. The van der Waals surface area contributed by atoms with Crippen LogP contribution in [0.3, 0.4) is 0 Å². The van der Waals surface area contributed by atoms with Crippen LogP contribution in [0.4, 0.5) is 0 Å². The standard InChI is InChI=1S/C15H16N2O4/c1-9(18)16-8-14(19)17-7-10-3-4-12(21-2)5-11(10)6-13(17)15(16)20/h3-5,13H,6-8H2,1-2H3. The van der Waals surface area contributed by atoms with E-state index >= 15 is 0 Å². The van der Waals surface area contributed by atoms with Crippen LogP contribution in [0.25, 0.3) is 0 Å². The van der Waals surface area contributed by atoms with Crippen molar-refractivity contribution in [2.24, 2.45) is 0 Å². The Labute approximate surface area is 122 Å². The predicted octanol–water partition coefficient (Wildman–Crippen LogP) is 0.337. The van der Waals surface area contributed by atoms with Crippen molar-refractivity contribution in [2.75, 3.05) is 13.7 Å². The summed E-state index contributed by atoms with van der Waals surface area (Å²) in [6.45, 7) is 1.55. The number of rotatable bonds is 1. The van der Waals surface area contributed by atoms with Crippen molar-refractivity contribution in [2.45, 2.75) is 25.9 Å². The number of benzene rings is 1. The summed E-state index contributed by atoms with van der Waals surface area (Å²) >= 11 is 0. The number of hydrogen-bond acceptors (Lipinski definition) is 4. The second-order valence-electron chi connectivity index (χ2n) is 5.32. The summed E-state index contributed by atoms with van der Waals surface area (Å²) in [4.78, 5) is 38.7. The van der Waals surface area contributed by atoms with Crippen molar-refractivity contribution in [3.05, 3.63) is 29.3 Å². The Morgan fingerprint density at radius 3 is 2.67 bits per heavy atom. The molecule has 2 aliphatic heterocycles. The highest BCUT2D eigenvalue weighted by Crippen LogP contribution is 2.29. The number of hydrogen-bond donors (Lipinski definition) is 0. The number of carbonyl (C=O) groups is 3. The fourth-order valence-corrected chi connectivity index (χ4v) is 2.92. The molecule has 2 heterocycles. The zero-order valence-corrected chi connectivity index (χ0v) is 12.0. The lowest BCUT2D eigenvalue weighted by Crippen LogP contribution is -2.62. The predicted molar refractivity (Wildman–Crippen MR) is 73.4 cm³/mol. The Kier molecular flexibility index (Phi) is 3.16. The van der Waals surface area contributed by atoms with E-state index in [2.05, 4.69) is 0 Å². The van der Waals surface area contributed by atoms with Crippen molar-refractivity contribution >= 4 is 17.7 Å². The number of nitrogens with zero attached hydrogens (tertiary/aromatic N) is 2. The Hall–Kier alpha value is -2.37. The van der Waals surface area contributed by atoms with Crippen molar-refractivity contribution in [3.63, 3.8) is 0 Å². The number of fused-ring (bicyclic) bond motifs is 2. The minimum absolute atomic E-state index is 0.157. The first-order valence-corrected chi connectivity index (χ1v) is 6.78. The fraction of sp³-hybridized carbons (Fsp3) is 0.400. The van der Waals surface area contributed by atoms with Crippen molar-refractivity contribution < 1.29 is 19.1 Å². The summed E-state index contributed by atoms with van der Waals surface area (Å²) < 4.78 is 5.19. The second kappa shape index (κ2) is 4.87. The highest BCUT2D eigenvalue weighted by molar-refractivity contribution is 6.04. The molecule has 0 saturated carbocycles. The van der Waals surface area contributed by atoms with Crippen LogP contribution in [0.1, 0.15) is 18.1 Å². The summed E-state index contributed by atoms with van der Waals surface area (Å²) in [5, 5.41) is 0. The van der Waals surface area contributed by atoms with E-state index in [1.807, 2.05) is 18.2 Å². The van der Waals surface area contributed by atoms with Crippen LogP contribution in [0.2, 0.25) is 0 Å². The van der Waals surface area contributed by atoms with Gasteiger partial charge in [-0.1, -0.05) is 6.07 Å². The van der Waals surface area contributed by atoms with Gasteiger partial charge >= 0.3 is 0 Å². The molecule has 1 aromatic carbocycles. The van der Waals surface area contributed by atoms with Gasteiger partial charge in [-0.2, -0.15) is 0 Å². The molecule has 0 spiro atoms. The Bertz CT molecular complexity index is 641. The van der Waals surface area contributed by atoms with Crippen molar-refractivity contribution in [1.82, 2.24) is 9.80 Å². The molecule has 0 bridgehead atoms. The van der Waals surface area contributed by atoms with Crippen LogP contribution in [0.5, 0.6) is 5.75 Å². The minimum Gasteiger partial charge on any atom is -0.497 e. The molecule has 0 aliphatic carbocycles. The molecule has 3 amide bonds. The van der Waals surface area contributed by atoms with E-state index in [9.17, 15) is 14.4 Å². The number of carbonyl (C=O) groups excluding carboxylic acids is 3. The van der Waals surface area contributed by atoms with Gasteiger partial charge in [-0.25, -0.2) is 0 Å². The molecule has 0 N–H and O–H groups in total. The van der Waals surface area contributed by atoms with Gasteiger partial charge in [0.05, 0.1) is 7.11 Å². The molecule has 21 heavy (non-hydrogen) atoms. The van der Waals surface area contributed by atoms with Gasteiger partial charge in [0, 0.05) is 19.9 Å². The first-order chi connectivity index (χ1) is 10.0. The lowest BCUT2D eigenvalue weighted by atomic mass is 9.91. The minimum atomic E-state index is -0.588. The molecule has 1 atom stereocenters. The first-order valence-electron chi connectivity index (χ1n) is 6.78. The van der Waals surface area contributed by atoms with Crippen LogP contribution in [-0.2, 0) is 27.3 Å². The third-order valence-electron chi connectivity index (χ3n) is 4.09. The highest BCUT2D eigenvalue weighted by atomic mass is 16.5. The first kappa shape index (κ1) is 13.6. The maximum absolute atomic E-state index is 12.4. The van der Waals surface area contributed by atoms with Gasteiger partial charge in [0.1, 0.15) is 18.3 Å². The second-order valence-corrected chi connectivity index (χ2v) is 5.32. The van der Waals surface area contributed by atoms with E-state index in [0.717, 1.165) is 21.8 Å². The number of imide groups is 1. The number of piperazine rings is 1. The third kappa shape index (κ3) is 2.16. The molecule has 6 nitrogen and oxygen atoms in total. The molecular formula is C15H16N2O4. The van der Waals surface area contributed by atoms with Gasteiger partial charge in [-0.15, -0.1) is 0 Å². The molecule has 3 rings (SSSR count). The highest BCUT2D eigenvalue weighted by Gasteiger charge is 2.43. The van der Waals surface area contributed by atoms with Crippen LogP contribution < -0.4 is 4.74 Å². The van der Waals surface area contributed by atoms with Gasteiger partial charge < -0.3 is 9.64 Å². The Morgan fingerprint density at radius 1 is 1.24 bits per heavy atom. The van der Waals surface area contributed by atoms with E-state index in [0.29, 0.717) is 13.0 Å². The summed E-state index contributed by atoms with van der Waals surface area (Å²) in [6.07, 6.45) is 0.418. The number of ether oxygens (including phenoxy) is 1. The van der Waals surface area contributed by atoms with E-state index < -0.39 is 6.04 Å². The number of amides is 3. The molecular weight excluding hydrogens is 272 g/mol. The normalized spacial score (nSPS) is 21.0. The lowest BCUT2D eigenvalue weighted by Gasteiger charge is -2.42. The number of methoxy groups -OCH3 is 1. The smallest absolute Gasteiger partial charge is 0.252 e. The molecule has 1 saturated heterocycles. The molecule has 6 heteroatoms. The summed E-state index contributed by atoms with van der Waals surface area (Å²) in [5.74, 6) is -0.142. The average Bonchev–Trinajstić information content (AvgIpc) is 2.48. The van der Waals surface area contributed by atoms with Gasteiger partial charge in [0.15, 0.2) is 0 Å². The van der Waals surface area contributed by atoms with E-state index in [4.69, 9.17) is 4.74 Å². The topological polar surface area (TPSA) is 66.9 Å². The summed E-state index contributed by atoms with van der Waals surface area (Å²) in [6, 6.07) is 5.06. The summed E-state index contributed by atoms with van der Waals surface area (Å²) in [5.41, 5.74) is 2.01. The van der Waals surface area contributed by atoms with Crippen molar-refractivity contribution in [1.29, 1.82) is 0 Å². The maximum Gasteiger partial charge on any atom is 0.252 e. The van der Waals surface area contributed by atoms with Gasteiger partial charge in [0.2, 0.25) is 11.8 Å². The van der Waals surface area contributed by atoms with Gasteiger partial charge in [-0.05, 0) is 23.3 Å². The summed E-state index contributed by atoms with van der Waals surface area (Å²) in [7, 11) is 1.59. The van der Waals surface area contributed by atoms with E-state index in [1.165, 1.54) is 6.92 Å². The molecule has 0 aromatic heterocycles. The third-order valence-corrected chi connectivity index (χ3v) is 4.09. The molecule has 2 aliphatic rings. The molecule has 1 fully saturated rings. The Balaban J connectivity index is 1.96. The van der Waals surface area contributed by atoms with Crippen LogP contribution in [-0.4, -0.2) is 47.2 Å².